The molecule has 0 aliphatic heterocycles. The molecule has 3 amide bonds. The molecule has 15 heteroatoms. The van der Waals surface area contributed by atoms with Crippen molar-refractivity contribution in [3.63, 3.8) is 0 Å². The van der Waals surface area contributed by atoms with Crippen LogP contribution < -0.4 is 21.7 Å². The number of benzene rings is 1. The molecule has 15 nitrogen and oxygen atoms in total. The number of hydrogen-bond donors (Lipinski definition) is 9. The molecule has 3 rings (SSSR count). The molecule has 2 aromatic heterocycles. The Labute approximate surface area is 228 Å². The van der Waals surface area contributed by atoms with Crippen molar-refractivity contribution in [2.75, 3.05) is 0 Å². The number of phenolic OH excluding ortho intramolecular Hbond substituents is 1. The third kappa shape index (κ3) is 8.64. The van der Waals surface area contributed by atoms with Gasteiger partial charge in [0.05, 0.1) is 24.8 Å². The van der Waals surface area contributed by atoms with Gasteiger partial charge in [0.25, 0.3) is 0 Å². The lowest BCUT2D eigenvalue weighted by atomic mass is 10.0. The van der Waals surface area contributed by atoms with E-state index in [1.54, 1.807) is 12.1 Å². The fourth-order valence-corrected chi connectivity index (χ4v) is 3.82. The summed E-state index contributed by atoms with van der Waals surface area (Å²) in [5, 5.41) is 36.6. The molecule has 2 heterocycles. The summed E-state index contributed by atoms with van der Waals surface area (Å²) >= 11 is 0. The van der Waals surface area contributed by atoms with Gasteiger partial charge < -0.3 is 47.0 Å². The molecular formula is C25H32N8O7. The molecule has 0 fully saturated rings. The molecule has 10 N–H and O–H groups in total. The second kappa shape index (κ2) is 13.9. The monoisotopic (exact) mass is 556 g/mol. The Morgan fingerprint density at radius 2 is 1.40 bits per heavy atom. The van der Waals surface area contributed by atoms with Gasteiger partial charge in [0.2, 0.25) is 17.7 Å². The molecule has 214 valence electrons. The summed E-state index contributed by atoms with van der Waals surface area (Å²) in [6.45, 7) is 1.28. The smallest absolute Gasteiger partial charge is 0.326 e. The van der Waals surface area contributed by atoms with E-state index in [0.29, 0.717) is 17.0 Å². The molecular weight excluding hydrogens is 524 g/mol. The Bertz CT molecular complexity index is 1260. The number of H-pyrrole nitrogens is 2. The first kappa shape index (κ1) is 29.8. The highest BCUT2D eigenvalue weighted by atomic mass is 16.4. The fourth-order valence-electron chi connectivity index (χ4n) is 3.82. The number of aliphatic carboxylic acids is 1. The normalized spacial score (nSPS) is 14.8. The molecule has 0 bridgehead atoms. The lowest BCUT2D eigenvalue weighted by Crippen LogP contribution is -2.60. The van der Waals surface area contributed by atoms with E-state index in [0.717, 1.165) is 0 Å². The number of aromatic hydroxyl groups is 1. The summed E-state index contributed by atoms with van der Waals surface area (Å²) in [6, 6.07) is 0.895. The number of hydrogen-bond acceptors (Lipinski definition) is 9. The number of carboxylic acid groups (broad SMARTS) is 1. The first-order valence-corrected chi connectivity index (χ1v) is 12.3. The maximum Gasteiger partial charge on any atom is 0.326 e. The number of nitrogens with one attached hydrogen (secondary N) is 5. The Morgan fingerprint density at radius 3 is 1.90 bits per heavy atom. The first-order chi connectivity index (χ1) is 19.0. The molecule has 0 saturated carbocycles. The van der Waals surface area contributed by atoms with E-state index in [1.165, 1.54) is 44.1 Å². The van der Waals surface area contributed by atoms with E-state index in [9.17, 15) is 34.5 Å². The average molecular weight is 557 g/mol. The van der Waals surface area contributed by atoms with Gasteiger partial charge >= 0.3 is 5.97 Å². The summed E-state index contributed by atoms with van der Waals surface area (Å²) < 4.78 is 0. The average Bonchev–Trinajstić information content (AvgIpc) is 3.61. The summed E-state index contributed by atoms with van der Waals surface area (Å²) in [4.78, 5) is 64.2. The van der Waals surface area contributed by atoms with Gasteiger partial charge in [-0.25, -0.2) is 14.8 Å². The summed E-state index contributed by atoms with van der Waals surface area (Å²) in [5.74, 6) is -3.67. The number of phenols is 1. The lowest BCUT2D eigenvalue weighted by molar-refractivity contribution is -0.142. The highest BCUT2D eigenvalue weighted by Crippen LogP contribution is 2.11. The third-order valence-electron chi connectivity index (χ3n) is 6.00. The fraction of sp³-hybridized carbons (Fsp3) is 0.360. The van der Waals surface area contributed by atoms with Crippen LogP contribution in [0.3, 0.4) is 0 Å². The molecule has 5 atom stereocenters. The number of carbonyl (C=O) groups excluding carboxylic acids is 3. The van der Waals surface area contributed by atoms with Gasteiger partial charge in [-0.05, 0) is 31.0 Å². The van der Waals surface area contributed by atoms with Crippen LogP contribution in [-0.4, -0.2) is 89.2 Å². The zero-order valence-corrected chi connectivity index (χ0v) is 21.6. The van der Waals surface area contributed by atoms with Crippen LogP contribution in [0.2, 0.25) is 0 Å². The van der Waals surface area contributed by atoms with Crippen LogP contribution in [0.1, 0.15) is 23.9 Å². The first-order valence-electron chi connectivity index (χ1n) is 12.3. The van der Waals surface area contributed by atoms with Crippen LogP contribution in [0.25, 0.3) is 0 Å². The van der Waals surface area contributed by atoms with Gasteiger partial charge in [0, 0.05) is 36.6 Å². The number of nitrogens with zero attached hydrogens (tertiary/aromatic N) is 2. The Morgan fingerprint density at radius 1 is 0.850 bits per heavy atom. The number of imidazole rings is 2. The van der Waals surface area contributed by atoms with Crippen LogP contribution in [0.15, 0.2) is 49.3 Å². The highest BCUT2D eigenvalue weighted by molar-refractivity contribution is 5.94. The van der Waals surface area contributed by atoms with E-state index in [1.807, 2.05) is 0 Å². The number of carbonyl (C=O) groups is 4. The molecule has 0 radical (unpaired) electrons. The zero-order chi connectivity index (χ0) is 29.2. The van der Waals surface area contributed by atoms with Crippen LogP contribution in [0.4, 0.5) is 0 Å². The molecule has 0 spiro atoms. The van der Waals surface area contributed by atoms with Gasteiger partial charge in [-0.1, -0.05) is 12.1 Å². The lowest BCUT2D eigenvalue weighted by Gasteiger charge is -2.26. The molecule has 5 unspecified atom stereocenters. The van der Waals surface area contributed by atoms with Crippen molar-refractivity contribution in [1.29, 1.82) is 0 Å². The van der Waals surface area contributed by atoms with Gasteiger partial charge in [-0.2, -0.15) is 0 Å². The number of amides is 3. The van der Waals surface area contributed by atoms with Crippen molar-refractivity contribution < 1.29 is 34.5 Å². The number of rotatable bonds is 14. The predicted octanol–water partition coefficient (Wildman–Crippen LogP) is -1.89. The minimum absolute atomic E-state index is 0.0531. The Balaban J connectivity index is 1.70. The van der Waals surface area contributed by atoms with Gasteiger partial charge in [-0.3, -0.25) is 14.4 Å². The van der Waals surface area contributed by atoms with Gasteiger partial charge in [-0.15, -0.1) is 0 Å². The molecule has 0 aliphatic rings. The third-order valence-corrected chi connectivity index (χ3v) is 6.00. The van der Waals surface area contributed by atoms with E-state index in [4.69, 9.17) is 5.73 Å². The Hall–Kier alpha value is -4.76. The largest absolute Gasteiger partial charge is 0.508 e. The highest BCUT2D eigenvalue weighted by Gasteiger charge is 2.33. The van der Waals surface area contributed by atoms with Crippen molar-refractivity contribution in [1.82, 2.24) is 35.9 Å². The molecule has 0 saturated heterocycles. The summed E-state index contributed by atoms with van der Waals surface area (Å²) in [7, 11) is 0. The second-order valence-corrected chi connectivity index (χ2v) is 9.23. The van der Waals surface area contributed by atoms with Gasteiger partial charge in [0.15, 0.2) is 0 Å². The number of aliphatic hydroxyl groups excluding tert-OH is 1. The number of carboxylic acids is 1. The zero-order valence-electron chi connectivity index (χ0n) is 21.6. The SMILES string of the molecule is CC(O)C(NC(=O)C(N)Cc1ccc(O)cc1)C(=O)NC(Cc1cnc[nH]1)C(=O)NC(Cc1cnc[nH]1)C(=O)O. The van der Waals surface area contributed by atoms with Crippen molar-refractivity contribution in [2.45, 2.75) is 56.5 Å². The summed E-state index contributed by atoms with van der Waals surface area (Å²) in [5.41, 5.74) is 7.59. The van der Waals surface area contributed by atoms with Crippen molar-refractivity contribution in [3.05, 3.63) is 66.3 Å². The maximum atomic E-state index is 13.2. The maximum absolute atomic E-state index is 13.2. The standard InChI is InChI=1S/C25H32N8O7/c1-13(34)21(33-22(36)18(26)6-14-2-4-17(35)5-3-14)24(38)31-19(7-15-9-27-11-29-15)23(37)32-20(25(39)40)8-16-10-28-12-30-16/h2-5,9-13,18-21,34-35H,6-8,26H2,1H3,(H,27,29)(H,28,30)(H,31,38)(H,32,37)(H,33,36)(H,39,40). The minimum atomic E-state index is -1.48. The van der Waals surface area contributed by atoms with Crippen molar-refractivity contribution in [3.8, 4) is 5.75 Å². The molecule has 0 aliphatic carbocycles. The topological polar surface area (TPSA) is 248 Å². The van der Waals surface area contributed by atoms with Crippen molar-refractivity contribution in [2.24, 2.45) is 5.73 Å². The molecule has 40 heavy (non-hydrogen) atoms. The summed E-state index contributed by atoms with van der Waals surface area (Å²) in [6.07, 6.45) is 4.16. The number of aromatic amines is 2. The second-order valence-electron chi connectivity index (χ2n) is 9.23. The number of nitrogens with two attached hydrogens (primary N) is 1. The Kier molecular flexibility index (Phi) is 10.3. The number of aromatic nitrogens is 4. The molecule has 3 aromatic rings. The van der Waals surface area contributed by atoms with Gasteiger partial charge in [0.1, 0.15) is 23.9 Å². The van der Waals surface area contributed by atoms with E-state index in [-0.39, 0.29) is 25.0 Å². The van der Waals surface area contributed by atoms with Crippen LogP contribution in [-0.2, 0) is 38.4 Å². The van der Waals surface area contributed by atoms with E-state index >= 15 is 0 Å². The minimum Gasteiger partial charge on any atom is -0.508 e. The van der Waals surface area contributed by atoms with Crippen LogP contribution in [0, 0.1) is 0 Å². The van der Waals surface area contributed by atoms with E-state index < -0.39 is 54.0 Å². The predicted molar refractivity (Wildman–Crippen MR) is 139 cm³/mol. The van der Waals surface area contributed by atoms with E-state index in [2.05, 4.69) is 35.9 Å². The van der Waals surface area contributed by atoms with Crippen molar-refractivity contribution >= 4 is 23.7 Å². The van der Waals surface area contributed by atoms with Crippen LogP contribution >= 0.6 is 0 Å². The quantitative estimate of drug-likeness (QED) is 0.107. The number of aliphatic hydroxyl groups is 1. The molecule has 1 aromatic carbocycles. The van der Waals surface area contributed by atoms with Crippen LogP contribution in [0.5, 0.6) is 5.75 Å².